The molecule has 3 heteroatoms. The van der Waals surface area contributed by atoms with Gasteiger partial charge in [0.25, 0.3) is 0 Å². The predicted octanol–water partition coefficient (Wildman–Crippen LogP) is 1.87. The van der Waals surface area contributed by atoms with E-state index in [2.05, 4.69) is 25.5 Å². The Morgan fingerprint density at radius 2 is 2.25 bits per heavy atom. The van der Waals surface area contributed by atoms with E-state index < -0.39 is 0 Å². The van der Waals surface area contributed by atoms with Gasteiger partial charge in [-0.05, 0) is 0 Å². The molecule has 0 spiro atoms. The van der Waals surface area contributed by atoms with Gasteiger partial charge in [0.15, 0.2) is 0 Å². The molecule has 1 saturated heterocycles. The minimum absolute atomic E-state index is 0. The first-order chi connectivity index (χ1) is 3.43. The number of hydrogen-bond acceptors (Lipinski definition) is 2. The van der Waals surface area contributed by atoms with E-state index in [1.807, 2.05) is 0 Å². The molecule has 0 aromatic heterocycles. The van der Waals surface area contributed by atoms with E-state index >= 15 is 0 Å². The van der Waals surface area contributed by atoms with Gasteiger partial charge in [-0.2, -0.15) is 0 Å². The molecular weight excluding hydrogens is 246 g/mol. The Labute approximate surface area is 69.5 Å². The van der Waals surface area contributed by atoms with Crippen molar-refractivity contribution in [2.24, 2.45) is 0 Å². The predicted molar refractivity (Wildman–Crippen MR) is 48.4 cm³/mol. The summed E-state index contributed by atoms with van der Waals surface area (Å²) in [6.07, 6.45) is 0. The zero-order chi connectivity index (χ0) is 5.11. The second-order valence-corrected chi connectivity index (χ2v) is 9.38. The normalized spacial score (nSPS) is 19.1. The fraction of sp³-hybridized carbons (Fsp3) is 1.00. The zero-order valence-electron chi connectivity index (χ0n) is 4.31. The molecule has 0 aromatic carbocycles. The van der Waals surface area contributed by atoms with E-state index in [4.69, 9.17) is 0 Å². The molecule has 1 fully saturated rings. The van der Waals surface area contributed by atoms with E-state index in [1.54, 1.807) is 0 Å². The molecule has 0 aromatic rings. The Kier molecular flexibility index (Phi) is 6.32. The fourth-order valence-corrected chi connectivity index (χ4v) is 8.68. The molecule has 0 nitrogen and oxygen atoms in total. The van der Waals surface area contributed by atoms with Crippen LogP contribution < -0.4 is 0 Å². The van der Waals surface area contributed by atoms with Crippen molar-refractivity contribution in [3.8, 4) is 0 Å². The molecule has 1 aliphatic rings. The Hall–Kier alpha value is 1.52. The van der Waals surface area contributed by atoms with Crippen LogP contribution in [-0.2, 0) is 0 Å². The maximum absolute atomic E-state index is 2.40. The van der Waals surface area contributed by atoms with Gasteiger partial charge in [-0.3, -0.25) is 0 Å². The van der Waals surface area contributed by atoms with Crippen LogP contribution in [0.2, 0.25) is 4.87 Å². The quantitative estimate of drug-likeness (QED) is 0.694. The number of hydrogen-bond donors (Lipinski definition) is 0. The molecule has 0 atom stereocenters. The topological polar surface area (TPSA) is 0 Å². The van der Waals surface area contributed by atoms with Crippen molar-refractivity contribution in [3.63, 3.8) is 0 Å². The van der Waals surface area contributed by atoms with Crippen LogP contribution in [0.1, 0.15) is 7.43 Å². The van der Waals surface area contributed by atoms with Gasteiger partial charge in [0.1, 0.15) is 0 Å². The van der Waals surface area contributed by atoms with Crippen LogP contribution in [-0.4, -0.2) is 37.0 Å². The van der Waals surface area contributed by atoms with Crippen molar-refractivity contribution in [3.05, 3.63) is 0 Å². The molecule has 0 radical (unpaired) electrons. The van der Waals surface area contributed by atoms with Crippen molar-refractivity contribution in [1.29, 1.82) is 0 Å². The van der Waals surface area contributed by atoms with Crippen molar-refractivity contribution >= 4 is 40.8 Å². The fourth-order valence-electron chi connectivity index (χ4n) is 0.449. The summed E-state index contributed by atoms with van der Waals surface area (Å²) in [5.41, 5.74) is 0. The Bertz CT molecular complexity index is 54.4. The molecule has 0 saturated carbocycles. The van der Waals surface area contributed by atoms with Crippen LogP contribution in [0.4, 0.5) is 0 Å². The van der Waals surface area contributed by atoms with Gasteiger partial charge in [0.05, 0.1) is 0 Å². The summed E-state index contributed by atoms with van der Waals surface area (Å²) in [6, 6.07) is 0. The van der Waals surface area contributed by atoms with Crippen LogP contribution in [0.3, 0.4) is 0 Å². The summed E-state index contributed by atoms with van der Waals surface area (Å²) >= 11 is 2.18. The summed E-state index contributed by atoms with van der Waals surface area (Å²) in [7, 11) is 2.27. The van der Waals surface area contributed by atoms with Crippen LogP contribution >= 0.6 is 20.6 Å². The van der Waals surface area contributed by atoms with E-state index in [1.165, 1.54) is 11.5 Å². The second kappa shape index (κ2) is 5.31. The van der Waals surface area contributed by atoms with Crippen LogP contribution in [0, 0.1) is 0 Å². The van der Waals surface area contributed by atoms with Crippen molar-refractivity contribution in [2.45, 2.75) is 17.5 Å². The van der Waals surface area contributed by atoms with Gasteiger partial charge in [-0.15, -0.1) is 0 Å². The van der Waals surface area contributed by atoms with Gasteiger partial charge in [-0.25, -0.2) is 0 Å². The van der Waals surface area contributed by atoms with Gasteiger partial charge < -0.3 is 0 Å². The third-order valence-corrected chi connectivity index (χ3v) is 8.36. The first kappa shape index (κ1) is 9.52. The SMILES string of the molecule is C.[CH3][SbH][S]C1CSC1. The average molecular weight is 259 g/mol. The third-order valence-electron chi connectivity index (χ3n) is 0.892. The minimum atomic E-state index is 0. The van der Waals surface area contributed by atoms with E-state index in [0.717, 1.165) is 5.25 Å². The summed E-state index contributed by atoms with van der Waals surface area (Å²) in [4.78, 5) is 2.40. The first-order valence-electron chi connectivity index (χ1n) is 2.33. The molecule has 0 bridgehead atoms. The maximum atomic E-state index is 2.40. The molecule has 0 unspecified atom stereocenters. The van der Waals surface area contributed by atoms with Crippen molar-refractivity contribution in [2.75, 3.05) is 11.5 Å². The van der Waals surface area contributed by atoms with Gasteiger partial charge in [0, 0.05) is 0 Å². The van der Waals surface area contributed by atoms with Crippen molar-refractivity contribution in [1.82, 2.24) is 0 Å². The van der Waals surface area contributed by atoms with E-state index in [0.29, 0.717) is 0 Å². The van der Waals surface area contributed by atoms with Gasteiger partial charge in [-0.1, -0.05) is 7.43 Å². The molecule has 0 aliphatic carbocycles. The van der Waals surface area contributed by atoms with E-state index in [9.17, 15) is 0 Å². The average Bonchev–Trinajstić information content (AvgIpc) is 1.55. The van der Waals surface area contributed by atoms with Crippen molar-refractivity contribution < 1.29 is 0 Å². The Morgan fingerprint density at radius 1 is 1.62 bits per heavy atom. The third kappa shape index (κ3) is 2.89. The monoisotopic (exact) mass is 258 g/mol. The van der Waals surface area contributed by atoms with Gasteiger partial charge in [0.2, 0.25) is 0 Å². The standard InChI is InChI=1S/C3H6S2.CH4.CH3.Sb.H/c4-3-1-5-2-3;;;;/h3-4H,1-2H2;1H4;1H3;;/q;;;+1;/p-1. The molecule has 1 rings (SSSR count). The van der Waals surface area contributed by atoms with Gasteiger partial charge >= 0.3 is 62.5 Å². The Morgan fingerprint density at radius 3 is 2.38 bits per heavy atom. The molecule has 0 amide bonds. The van der Waals surface area contributed by atoms with E-state index in [-0.39, 0.29) is 27.6 Å². The Balaban J connectivity index is 0.000000490. The molecule has 1 aliphatic heterocycles. The zero-order valence-corrected chi connectivity index (χ0v) is 8.80. The molecule has 50 valence electrons. The molecular formula is C5H13S2Sb. The van der Waals surface area contributed by atoms with Crippen LogP contribution in [0.5, 0.6) is 0 Å². The molecule has 1 heterocycles. The summed E-state index contributed by atoms with van der Waals surface area (Å²) in [5.74, 6) is 2.89. The molecule has 0 N–H and O–H groups in total. The summed E-state index contributed by atoms with van der Waals surface area (Å²) < 4.78 is 0. The number of rotatable bonds is 2. The molecule has 8 heavy (non-hydrogen) atoms. The first-order valence-corrected chi connectivity index (χ1v) is 10.7. The number of thioether (sulfide) groups is 1. The summed E-state index contributed by atoms with van der Waals surface area (Å²) in [6.45, 7) is 0. The van der Waals surface area contributed by atoms with Crippen LogP contribution in [0.25, 0.3) is 0 Å². The second-order valence-electron chi connectivity index (χ2n) is 1.48. The summed E-state index contributed by atoms with van der Waals surface area (Å²) in [5, 5.41) is 1.08. The van der Waals surface area contributed by atoms with Crippen LogP contribution in [0.15, 0.2) is 0 Å².